The van der Waals surface area contributed by atoms with Crippen molar-refractivity contribution in [2.75, 3.05) is 7.11 Å². The minimum atomic E-state index is -0.702. The molecule has 3 heteroatoms. The first-order chi connectivity index (χ1) is 9.22. The molecule has 0 rings (SSSR count). The highest BCUT2D eigenvalue weighted by molar-refractivity contribution is 6.33. The third kappa shape index (κ3) is 11.9. The third-order valence-corrected chi connectivity index (χ3v) is 3.42. The smallest absolute Gasteiger partial charge is 0.374 e. The van der Waals surface area contributed by atoms with Gasteiger partial charge >= 0.3 is 5.97 Å². The van der Waals surface area contributed by atoms with E-state index in [1.54, 1.807) is 0 Å². The molecular formula is C16H30O3. The van der Waals surface area contributed by atoms with Crippen LogP contribution in [0.4, 0.5) is 0 Å². The van der Waals surface area contributed by atoms with Crippen LogP contribution in [0, 0.1) is 0 Å². The summed E-state index contributed by atoms with van der Waals surface area (Å²) in [5.41, 5.74) is 0. The molecule has 3 nitrogen and oxygen atoms in total. The highest BCUT2D eigenvalue weighted by Crippen LogP contribution is 2.12. The van der Waals surface area contributed by atoms with E-state index in [1.165, 1.54) is 64.9 Å². The Balaban J connectivity index is 3.15. The molecule has 0 N–H and O–H groups in total. The van der Waals surface area contributed by atoms with Gasteiger partial charge in [0.15, 0.2) is 0 Å². The normalized spacial score (nSPS) is 10.4. The quantitative estimate of drug-likeness (QED) is 0.282. The van der Waals surface area contributed by atoms with Gasteiger partial charge in [-0.1, -0.05) is 71.1 Å². The molecule has 0 spiro atoms. The lowest BCUT2D eigenvalue weighted by Gasteiger charge is -2.02. The van der Waals surface area contributed by atoms with Gasteiger partial charge in [0.05, 0.1) is 7.11 Å². The summed E-state index contributed by atoms with van der Waals surface area (Å²) in [6, 6.07) is 0. The summed E-state index contributed by atoms with van der Waals surface area (Å²) in [7, 11) is 1.25. The Labute approximate surface area is 118 Å². The van der Waals surface area contributed by atoms with E-state index in [0.717, 1.165) is 12.8 Å². The lowest BCUT2D eigenvalue weighted by Crippen LogP contribution is -2.14. The van der Waals surface area contributed by atoms with Crippen LogP contribution in [-0.4, -0.2) is 18.9 Å². The van der Waals surface area contributed by atoms with Crippen molar-refractivity contribution >= 4 is 11.8 Å². The van der Waals surface area contributed by atoms with Gasteiger partial charge in [-0.15, -0.1) is 0 Å². The molecule has 0 fully saturated rings. The van der Waals surface area contributed by atoms with Crippen LogP contribution in [-0.2, 0) is 14.3 Å². The van der Waals surface area contributed by atoms with Gasteiger partial charge in [0, 0.05) is 6.42 Å². The molecule has 0 aliphatic rings. The van der Waals surface area contributed by atoms with E-state index < -0.39 is 11.8 Å². The lowest BCUT2D eigenvalue weighted by molar-refractivity contribution is -0.151. The van der Waals surface area contributed by atoms with Crippen LogP contribution >= 0.6 is 0 Å². The molecule has 0 aliphatic carbocycles. The summed E-state index contributed by atoms with van der Waals surface area (Å²) < 4.78 is 4.37. The van der Waals surface area contributed by atoms with Crippen LogP contribution in [0.2, 0.25) is 0 Å². The van der Waals surface area contributed by atoms with Crippen molar-refractivity contribution in [3.8, 4) is 0 Å². The van der Waals surface area contributed by atoms with Gasteiger partial charge in [-0.2, -0.15) is 0 Å². The largest absolute Gasteiger partial charge is 0.463 e. The predicted molar refractivity (Wildman–Crippen MR) is 78.1 cm³/mol. The van der Waals surface area contributed by atoms with Gasteiger partial charge in [0.2, 0.25) is 5.78 Å². The molecule has 112 valence electrons. The van der Waals surface area contributed by atoms with E-state index in [-0.39, 0.29) is 0 Å². The van der Waals surface area contributed by atoms with Crippen molar-refractivity contribution in [3.63, 3.8) is 0 Å². The number of carbonyl (C=O) groups excluding carboxylic acids is 2. The van der Waals surface area contributed by atoms with Crippen molar-refractivity contribution < 1.29 is 14.3 Å². The van der Waals surface area contributed by atoms with Crippen molar-refractivity contribution in [2.24, 2.45) is 0 Å². The standard InChI is InChI=1S/C16H30O3/c1-3-4-5-6-7-8-9-10-11-12-13-14-15(17)16(18)19-2/h3-14H2,1-2H3. The lowest BCUT2D eigenvalue weighted by atomic mass is 10.0. The summed E-state index contributed by atoms with van der Waals surface area (Å²) in [5.74, 6) is -1.09. The Kier molecular flexibility index (Phi) is 13.0. The second-order valence-corrected chi connectivity index (χ2v) is 5.20. The summed E-state index contributed by atoms with van der Waals surface area (Å²) >= 11 is 0. The van der Waals surface area contributed by atoms with Gasteiger partial charge in [-0.25, -0.2) is 4.79 Å². The van der Waals surface area contributed by atoms with Gasteiger partial charge < -0.3 is 4.74 Å². The fourth-order valence-corrected chi connectivity index (χ4v) is 2.17. The summed E-state index contributed by atoms with van der Waals surface area (Å²) in [6.07, 6.45) is 14.0. The molecule has 0 aliphatic heterocycles. The first-order valence-corrected chi connectivity index (χ1v) is 7.83. The SMILES string of the molecule is CCCCCCCCCCCCCC(=O)C(=O)OC. The summed E-state index contributed by atoms with van der Waals surface area (Å²) in [5, 5.41) is 0. The maximum atomic E-state index is 11.2. The number of rotatable bonds is 13. The predicted octanol–water partition coefficient (Wildman–Crippen LogP) is 4.43. The summed E-state index contributed by atoms with van der Waals surface area (Å²) in [6.45, 7) is 2.24. The third-order valence-electron chi connectivity index (χ3n) is 3.42. The Morgan fingerprint density at radius 3 is 1.58 bits per heavy atom. The molecule has 0 aromatic rings. The number of methoxy groups -OCH3 is 1. The Hall–Kier alpha value is -0.860. The van der Waals surface area contributed by atoms with Crippen LogP contribution in [0.5, 0.6) is 0 Å². The minimum absolute atomic E-state index is 0.337. The van der Waals surface area contributed by atoms with Crippen LogP contribution in [0.3, 0.4) is 0 Å². The molecule has 0 aromatic heterocycles. The van der Waals surface area contributed by atoms with Crippen LogP contribution < -0.4 is 0 Å². The van der Waals surface area contributed by atoms with Crippen molar-refractivity contribution in [1.82, 2.24) is 0 Å². The zero-order valence-electron chi connectivity index (χ0n) is 12.7. The fourth-order valence-electron chi connectivity index (χ4n) is 2.17. The van der Waals surface area contributed by atoms with E-state index in [2.05, 4.69) is 11.7 Å². The fraction of sp³-hybridized carbons (Fsp3) is 0.875. The molecule has 0 amide bonds. The molecule has 0 aromatic carbocycles. The number of hydrogen-bond acceptors (Lipinski definition) is 3. The molecule has 0 heterocycles. The maximum Gasteiger partial charge on any atom is 0.374 e. The van der Waals surface area contributed by atoms with Crippen molar-refractivity contribution in [1.29, 1.82) is 0 Å². The number of ketones is 1. The van der Waals surface area contributed by atoms with E-state index in [1.807, 2.05) is 0 Å². The molecule has 0 unspecified atom stereocenters. The number of unbranched alkanes of at least 4 members (excludes halogenated alkanes) is 10. The number of hydrogen-bond donors (Lipinski definition) is 0. The number of Topliss-reactive ketones (excluding diaryl/α,β-unsaturated/α-hetero) is 1. The average Bonchev–Trinajstić information content (AvgIpc) is 2.43. The number of ether oxygens (including phenoxy) is 1. The minimum Gasteiger partial charge on any atom is -0.463 e. The number of carbonyl (C=O) groups is 2. The molecule has 0 bridgehead atoms. The molecule has 0 radical (unpaired) electrons. The highest BCUT2D eigenvalue weighted by Gasteiger charge is 2.12. The molecule has 0 saturated carbocycles. The Morgan fingerprint density at radius 1 is 0.737 bits per heavy atom. The number of esters is 1. The second-order valence-electron chi connectivity index (χ2n) is 5.20. The molecular weight excluding hydrogens is 240 g/mol. The van der Waals surface area contributed by atoms with Gasteiger partial charge in [-0.05, 0) is 6.42 Å². The van der Waals surface area contributed by atoms with E-state index >= 15 is 0 Å². The van der Waals surface area contributed by atoms with Gasteiger partial charge in [0.1, 0.15) is 0 Å². The van der Waals surface area contributed by atoms with Crippen molar-refractivity contribution in [2.45, 2.75) is 84.0 Å². The average molecular weight is 270 g/mol. The first-order valence-electron chi connectivity index (χ1n) is 7.83. The van der Waals surface area contributed by atoms with Gasteiger partial charge in [-0.3, -0.25) is 4.79 Å². The van der Waals surface area contributed by atoms with E-state index in [4.69, 9.17) is 0 Å². The van der Waals surface area contributed by atoms with Crippen molar-refractivity contribution in [3.05, 3.63) is 0 Å². The van der Waals surface area contributed by atoms with Crippen LogP contribution in [0.1, 0.15) is 84.0 Å². The second kappa shape index (κ2) is 13.6. The molecule has 0 atom stereocenters. The summed E-state index contributed by atoms with van der Waals surface area (Å²) in [4.78, 5) is 22.0. The molecule has 19 heavy (non-hydrogen) atoms. The zero-order valence-corrected chi connectivity index (χ0v) is 12.7. The maximum absolute atomic E-state index is 11.2. The Morgan fingerprint density at radius 2 is 1.16 bits per heavy atom. The monoisotopic (exact) mass is 270 g/mol. The molecule has 0 saturated heterocycles. The van der Waals surface area contributed by atoms with Crippen LogP contribution in [0.15, 0.2) is 0 Å². The highest BCUT2D eigenvalue weighted by atomic mass is 16.5. The zero-order chi connectivity index (χ0) is 14.3. The van der Waals surface area contributed by atoms with E-state index in [9.17, 15) is 9.59 Å². The topological polar surface area (TPSA) is 43.4 Å². The van der Waals surface area contributed by atoms with E-state index in [0.29, 0.717) is 6.42 Å². The van der Waals surface area contributed by atoms with Gasteiger partial charge in [0.25, 0.3) is 0 Å². The Bertz CT molecular complexity index is 236. The van der Waals surface area contributed by atoms with Crippen LogP contribution in [0.25, 0.3) is 0 Å². The first kappa shape index (κ1) is 18.1.